The van der Waals surface area contributed by atoms with Crippen LogP contribution in [0.25, 0.3) is 0 Å². The zero-order valence-corrected chi connectivity index (χ0v) is 13.9. The van der Waals surface area contributed by atoms with Crippen LogP contribution in [0.15, 0.2) is 57.2 Å². The molecule has 0 aliphatic carbocycles. The van der Waals surface area contributed by atoms with Crippen LogP contribution in [0.3, 0.4) is 0 Å². The van der Waals surface area contributed by atoms with E-state index >= 15 is 0 Å². The fourth-order valence-corrected chi connectivity index (χ4v) is 3.66. The number of sulfone groups is 1. The van der Waals surface area contributed by atoms with E-state index in [1.165, 1.54) is 6.26 Å². The summed E-state index contributed by atoms with van der Waals surface area (Å²) in [6.45, 7) is 0.556. The van der Waals surface area contributed by atoms with Crippen molar-refractivity contribution in [3.8, 4) is 0 Å². The fraction of sp³-hybridized carbons (Fsp3) is 0.200. The van der Waals surface area contributed by atoms with E-state index in [0.29, 0.717) is 16.5 Å². The molecule has 0 unspecified atom stereocenters. The van der Waals surface area contributed by atoms with Crippen LogP contribution in [0.1, 0.15) is 5.56 Å². The molecular formula is C15H16ClNO2S2. The third-order valence-electron chi connectivity index (χ3n) is 2.92. The van der Waals surface area contributed by atoms with Gasteiger partial charge < -0.3 is 5.73 Å². The molecule has 2 aromatic rings. The Hall–Kier alpha value is -1.01. The molecule has 3 nitrogen and oxygen atoms in total. The van der Waals surface area contributed by atoms with Gasteiger partial charge in [-0.3, -0.25) is 0 Å². The number of hydrogen-bond donors (Lipinski definition) is 1. The molecule has 0 atom stereocenters. The molecule has 112 valence electrons. The average molecular weight is 342 g/mol. The molecule has 0 aliphatic heterocycles. The van der Waals surface area contributed by atoms with Gasteiger partial charge in [0, 0.05) is 21.1 Å². The Labute approximate surface area is 134 Å². The van der Waals surface area contributed by atoms with Gasteiger partial charge in [-0.05, 0) is 61.0 Å². The lowest BCUT2D eigenvalue weighted by Gasteiger charge is -2.09. The van der Waals surface area contributed by atoms with E-state index in [-0.39, 0.29) is 0 Å². The standard InChI is InChI=1S/C15H16ClNO2S2/c1-21(18,19)14-5-3-13(4-6-14)20-15-7-2-12(16)10-11(15)8-9-17/h2-7,10H,8-9,17H2,1H3. The van der Waals surface area contributed by atoms with Crippen LogP contribution < -0.4 is 5.73 Å². The molecule has 2 N–H and O–H groups in total. The van der Waals surface area contributed by atoms with E-state index in [1.54, 1.807) is 23.9 Å². The Morgan fingerprint density at radius 1 is 1.14 bits per heavy atom. The topological polar surface area (TPSA) is 60.2 Å². The summed E-state index contributed by atoms with van der Waals surface area (Å²) in [5, 5.41) is 0.690. The van der Waals surface area contributed by atoms with Crippen LogP contribution in [-0.2, 0) is 16.3 Å². The lowest BCUT2D eigenvalue weighted by molar-refractivity contribution is 0.602. The molecule has 0 amide bonds. The fourth-order valence-electron chi connectivity index (χ4n) is 1.88. The Balaban J connectivity index is 2.26. The van der Waals surface area contributed by atoms with Crippen LogP contribution in [0.5, 0.6) is 0 Å². The maximum atomic E-state index is 11.4. The highest BCUT2D eigenvalue weighted by Crippen LogP contribution is 2.32. The molecule has 0 saturated carbocycles. The van der Waals surface area contributed by atoms with E-state index in [1.807, 2.05) is 30.3 Å². The molecule has 0 spiro atoms. The molecule has 2 rings (SSSR count). The molecular weight excluding hydrogens is 326 g/mol. The number of nitrogens with two attached hydrogens (primary N) is 1. The first kappa shape index (κ1) is 16.4. The Kier molecular flexibility index (Phi) is 5.32. The van der Waals surface area contributed by atoms with Crippen LogP contribution in [0, 0.1) is 0 Å². The van der Waals surface area contributed by atoms with Gasteiger partial charge in [-0.15, -0.1) is 0 Å². The van der Waals surface area contributed by atoms with Crippen molar-refractivity contribution in [3.63, 3.8) is 0 Å². The lowest BCUT2D eigenvalue weighted by Crippen LogP contribution is -2.03. The Morgan fingerprint density at radius 2 is 1.81 bits per heavy atom. The molecule has 2 aromatic carbocycles. The van der Waals surface area contributed by atoms with Crippen molar-refractivity contribution in [3.05, 3.63) is 53.1 Å². The summed E-state index contributed by atoms with van der Waals surface area (Å²) in [5.41, 5.74) is 6.72. The van der Waals surface area contributed by atoms with E-state index in [2.05, 4.69) is 0 Å². The molecule has 0 fully saturated rings. The Morgan fingerprint density at radius 3 is 2.38 bits per heavy atom. The van der Waals surface area contributed by atoms with Gasteiger partial charge in [-0.25, -0.2) is 8.42 Å². The average Bonchev–Trinajstić information content (AvgIpc) is 2.42. The summed E-state index contributed by atoms with van der Waals surface area (Å²) in [5.74, 6) is 0. The second-order valence-electron chi connectivity index (χ2n) is 4.64. The highest BCUT2D eigenvalue weighted by atomic mass is 35.5. The zero-order chi connectivity index (χ0) is 15.5. The number of benzene rings is 2. The SMILES string of the molecule is CS(=O)(=O)c1ccc(Sc2ccc(Cl)cc2CCN)cc1. The van der Waals surface area contributed by atoms with Crippen molar-refractivity contribution < 1.29 is 8.42 Å². The van der Waals surface area contributed by atoms with E-state index in [0.717, 1.165) is 21.8 Å². The van der Waals surface area contributed by atoms with Gasteiger partial charge in [0.05, 0.1) is 4.90 Å². The van der Waals surface area contributed by atoms with Crippen molar-refractivity contribution in [1.82, 2.24) is 0 Å². The van der Waals surface area contributed by atoms with Crippen molar-refractivity contribution in [1.29, 1.82) is 0 Å². The van der Waals surface area contributed by atoms with Crippen molar-refractivity contribution in [2.45, 2.75) is 21.1 Å². The van der Waals surface area contributed by atoms with Crippen LogP contribution in [-0.4, -0.2) is 21.2 Å². The van der Waals surface area contributed by atoms with Gasteiger partial charge in [0.25, 0.3) is 0 Å². The summed E-state index contributed by atoms with van der Waals surface area (Å²) in [6, 6.07) is 12.6. The number of rotatable bonds is 5. The summed E-state index contributed by atoms with van der Waals surface area (Å²) in [6.07, 6.45) is 1.96. The maximum Gasteiger partial charge on any atom is 0.175 e. The molecule has 6 heteroatoms. The van der Waals surface area contributed by atoms with E-state index < -0.39 is 9.84 Å². The number of hydrogen-bond acceptors (Lipinski definition) is 4. The highest BCUT2D eigenvalue weighted by Gasteiger charge is 2.08. The quantitative estimate of drug-likeness (QED) is 0.905. The minimum Gasteiger partial charge on any atom is -0.330 e. The molecule has 21 heavy (non-hydrogen) atoms. The maximum absolute atomic E-state index is 11.4. The van der Waals surface area contributed by atoms with Gasteiger partial charge in [0.1, 0.15) is 0 Å². The normalized spacial score (nSPS) is 11.6. The number of halogens is 1. The second kappa shape index (κ2) is 6.83. The third kappa shape index (κ3) is 4.48. The first-order chi connectivity index (χ1) is 9.90. The molecule has 0 bridgehead atoms. The van der Waals surface area contributed by atoms with Gasteiger partial charge >= 0.3 is 0 Å². The van der Waals surface area contributed by atoms with Crippen LogP contribution in [0.2, 0.25) is 5.02 Å². The molecule has 0 heterocycles. The minimum absolute atomic E-state index is 0.324. The molecule has 0 radical (unpaired) electrons. The van der Waals surface area contributed by atoms with Gasteiger partial charge in [0.15, 0.2) is 9.84 Å². The van der Waals surface area contributed by atoms with E-state index in [9.17, 15) is 8.42 Å². The summed E-state index contributed by atoms with van der Waals surface area (Å²) in [4.78, 5) is 2.38. The van der Waals surface area contributed by atoms with Crippen LogP contribution in [0.4, 0.5) is 0 Å². The second-order valence-corrected chi connectivity index (χ2v) is 8.20. The minimum atomic E-state index is -3.16. The van der Waals surface area contributed by atoms with Crippen molar-refractivity contribution in [2.24, 2.45) is 5.73 Å². The van der Waals surface area contributed by atoms with Crippen molar-refractivity contribution >= 4 is 33.2 Å². The summed E-state index contributed by atoms with van der Waals surface area (Å²) < 4.78 is 22.9. The van der Waals surface area contributed by atoms with Gasteiger partial charge in [-0.2, -0.15) is 0 Å². The predicted octanol–water partition coefficient (Wildman–Crippen LogP) is 3.40. The molecule has 0 saturated heterocycles. The first-order valence-electron chi connectivity index (χ1n) is 6.36. The highest BCUT2D eigenvalue weighted by molar-refractivity contribution is 7.99. The van der Waals surface area contributed by atoms with E-state index in [4.69, 9.17) is 17.3 Å². The molecule has 0 aliphatic rings. The van der Waals surface area contributed by atoms with Gasteiger partial charge in [-0.1, -0.05) is 23.4 Å². The summed E-state index contributed by atoms with van der Waals surface area (Å²) in [7, 11) is -3.16. The molecule has 0 aromatic heterocycles. The van der Waals surface area contributed by atoms with Crippen molar-refractivity contribution in [2.75, 3.05) is 12.8 Å². The van der Waals surface area contributed by atoms with Crippen LogP contribution >= 0.6 is 23.4 Å². The third-order valence-corrected chi connectivity index (χ3v) is 5.41. The monoisotopic (exact) mass is 341 g/mol. The Bertz CT molecular complexity index is 728. The van der Waals surface area contributed by atoms with Gasteiger partial charge in [0.2, 0.25) is 0 Å². The zero-order valence-electron chi connectivity index (χ0n) is 11.5. The summed E-state index contributed by atoms with van der Waals surface area (Å²) >= 11 is 7.58. The smallest absolute Gasteiger partial charge is 0.175 e. The predicted molar refractivity (Wildman–Crippen MR) is 87.9 cm³/mol. The lowest BCUT2D eigenvalue weighted by atomic mass is 10.1. The first-order valence-corrected chi connectivity index (χ1v) is 9.45. The largest absolute Gasteiger partial charge is 0.330 e.